The fourth-order valence-corrected chi connectivity index (χ4v) is 0.437. The Morgan fingerprint density at radius 2 is 2.07 bits per heavy atom. The van der Waals surface area contributed by atoms with E-state index in [1.165, 1.54) is 6.21 Å². The van der Waals surface area contributed by atoms with Gasteiger partial charge in [0.2, 0.25) is 0 Å². The monoisotopic (exact) mass is 212 g/mol. The highest BCUT2D eigenvalue weighted by Gasteiger charge is 2.38. The van der Waals surface area contributed by atoms with Crippen LogP contribution in [0, 0.1) is 0 Å². The van der Waals surface area contributed by atoms with E-state index in [0.29, 0.717) is 13.2 Å². The molecule has 5 nitrogen and oxygen atoms in total. The molecule has 0 saturated carbocycles. The van der Waals surface area contributed by atoms with Gasteiger partial charge < -0.3 is 5.11 Å². The molecule has 0 saturated heterocycles. The molecule has 0 unspecified atom stereocenters. The topological polar surface area (TPSA) is 78.8 Å². The molecular formula is C6H7F3N2O3. The Morgan fingerprint density at radius 1 is 1.57 bits per heavy atom. The standard InChI is InChI=1S/C4H6N2O.C2HF3O2/c7-4-1-5-3-6-2-4;3-2(4,5)1(6)7/h1,6H,2-3H2;(H,6,7). The van der Waals surface area contributed by atoms with Crippen LogP contribution in [0.5, 0.6) is 0 Å². The molecule has 0 radical (unpaired) electrons. The number of halogens is 3. The summed E-state index contributed by atoms with van der Waals surface area (Å²) in [4.78, 5) is 22.8. The number of carboxylic acids is 1. The van der Waals surface area contributed by atoms with Crippen molar-refractivity contribution in [2.75, 3.05) is 13.2 Å². The number of ketones is 1. The fourth-order valence-electron chi connectivity index (χ4n) is 0.437. The molecule has 0 atom stereocenters. The summed E-state index contributed by atoms with van der Waals surface area (Å²) in [5.41, 5.74) is 0. The van der Waals surface area contributed by atoms with Crippen LogP contribution < -0.4 is 5.32 Å². The minimum atomic E-state index is -5.08. The van der Waals surface area contributed by atoms with Gasteiger partial charge in [-0.15, -0.1) is 0 Å². The van der Waals surface area contributed by atoms with Gasteiger partial charge in [0.25, 0.3) is 0 Å². The summed E-state index contributed by atoms with van der Waals surface area (Å²) < 4.78 is 31.7. The number of alkyl halides is 3. The van der Waals surface area contributed by atoms with E-state index in [-0.39, 0.29) is 5.78 Å². The van der Waals surface area contributed by atoms with Crippen molar-refractivity contribution in [1.82, 2.24) is 5.32 Å². The van der Waals surface area contributed by atoms with E-state index in [2.05, 4.69) is 10.3 Å². The number of carboxylic acid groups (broad SMARTS) is 1. The lowest BCUT2D eigenvalue weighted by atomic mass is 10.4. The second kappa shape index (κ2) is 5.32. The van der Waals surface area contributed by atoms with Crippen LogP contribution >= 0.6 is 0 Å². The molecule has 2 N–H and O–H groups in total. The Labute approximate surface area is 76.6 Å². The molecule has 0 aromatic rings. The number of nitrogens with one attached hydrogen (secondary N) is 1. The van der Waals surface area contributed by atoms with Crippen molar-refractivity contribution in [1.29, 1.82) is 0 Å². The van der Waals surface area contributed by atoms with E-state index in [0.717, 1.165) is 0 Å². The molecule has 1 aliphatic rings. The van der Waals surface area contributed by atoms with Crippen molar-refractivity contribution in [2.24, 2.45) is 4.99 Å². The zero-order chi connectivity index (χ0) is 11.2. The number of nitrogens with zero attached hydrogens (tertiary/aromatic N) is 1. The van der Waals surface area contributed by atoms with Crippen LogP contribution in [0.1, 0.15) is 0 Å². The van der Waals surface area contributed by atoms with Gasteiger partial charge >= 0.3 is 12.1 Å². The lowest BCUT2D eigenvalue weighted by Crippen LogP contribution is -2.28. The zero-order valence-corrected chi connectivity index (χ0v) is 6.84. The highest BCUT2D eigenvalue weighted by Crippen LogP contribution is 2.13. The van der Waals surface area contributed by atoms with E-state index in [1.807, 2.05) is 0 Å². The minimum absolute atomic E-state index is 0.0613. The lowest BCUT2D eigenvalue weighted by molar-refractivity contribution is -0.192. The van der Waals surface area contributed by atoms with Crippen LogP contribution in [-0.4, -0.2) is 42.5 Å². The maximum Gasteiger partial charge on any atom is 0.490 e. The minimum Gasteiger partial charge on any atom is -0.475 e. The highest BCUT2D eigenvalue weighted by molar-refractivity contribution is 6.28. The number of aliphatic carboxylic acids is 1. The van der Waals surface area contributed by atoms with E-state index in [1.54, 1.807) is 0 Å². The largest absolute Gasteiger partial charge is 0.490 e. The third-order valence-corrected chi connectivity index (χ3v) is 0.980. The normalized spacial score (nSPS) is 15.8. The van der Waals surface area contributed by atoms with Crippen molar-refractivity contribution in [3.63, 3.8) is 0 Å². The van der Waals surface area contributed by atoms with Crippen molar-refractivity contribution in [3.05, 3.63) is 0 Å². The SMILES string of the molecule is O=C(O)C(F)(F)F.O=C1C=NCNC1. The summed E-state index contributed by atoms with van der Waals surface area (Å²) in [6, 6.07) is 0. The van der Waals surface area contributed by atoms with E-state index >= 15 is 0 Å². The molecule has 14 heavy (non-hydrogen) atoms. The summed E-state index contributed by atoms with van der Waals surface area (Å²) in [6.45, 7) is 1.04. The quantitative estimate of drug-likeness (QED) is 0.583. The van der Waals surface area contributed by atoms with Gasteiger partial charge in [0.15, 0.2) is 5.78 Å². The van der Waals surface area contributed by atoms with Gasteiger partial charge in [0.05, 0.1) is 19.4 Å². The second-order valence-electron chi connectivity index (χ2n) is 2.17. The van der Waals surface area contributed by atoms with E-state index < -0.39 is 12.1 Å². The van der Waals surface area contributed by atoms with Gasteiger partial charge in [0, 0.05) is 0 Å². The maximum absolute atomic E-state index is 10.6. The number of carbonyl (C=O) groups is 2. The van der Waals surface area contributed by atoms with Crippen molar-refractivity contribution in [2.45, 2.75) is 6.18 Å². The van der Waals surface area contributed by atoms with Gasteiger partial charge in [-0.05, 0) is 0 Å². The molecule has 80 valence electrons. The first-order chi connectivity index (χ1) is 6.34. The summed E-state index contributed by atoms with van der Waals surface area (Å²) >= 11 is 0. The van der Waals surface area contributed by atoms with Crippen LogP contribution in [0.25, 0.3) is 0 Å². The van der Waals surface area contributed by atoms with E-state index in [4.69, 9.17) is 9.90 Å². The Hall–Kier alpha value is -1.44. The molecule has 1 heterocycles. The average Bonchev–Trinajstić information content (AvgIpc) is 2.04. The van der Waals surface area contributed by atoms with Gasteiger partial charge in [0.1, 0.15) is 0 Å². The molecule has 0 spiro atoms. The number of rotatable bonds is 0. The lowest BCUT2D eigenvalue weighted by Gasteiger charge is -2.00. The third kappa shape index (κ3) is 6.12. The van der Waals surface area contributed by atoms with Crippen molar-refractivity contribution < 1.29 is 27.9 Å². The Balaban J connectivity index is 0.000000241. The predicted octanol–water partition coefficient (Wildman–Crippen LogP) is -0.180. The average molecular weight is 212 g/mol. The summed E-state index contributed by atoms with van der Waals surface area (Å²) in [5.74, 6) is -2.70. The summed E-state index contributed by atoms with van der Waals surface area (Å²) in [6.07, 6.45) is -3.73. The van der Waals surface area contributed by atoms with Crippen LogP contribution in [0.4, 0.5) is 13.2 Å². The molecule has 0 aliphatic carbocycles. The number of aliphatic imine (C=N–C) groups is 1. The van der Waals surface area contributed by atoms with Crippen LogP contribution in [0.2, 0.25) is 0 Å². The first-order valence-electron chi connectivity index (χ1n) is 3.37. The van der Waals surface area contributed by atoms with E-state index in [9.17, 15) is 18.0 Å². The number of hydrogen-bond acceptors (Lipinski definition) is 4. The molecule has 0 aromatic carbocycles. The first-order valence-corrected chi connectivity index (χ1v) is 3.37. The van der Waals surface area contributed by atoms with Gasteiger partial charge in [-0.25, -0.2) is 4.79 Å². The fraction of sp³-hybridized carbons (Fsp3) is 0.500. The molecule has 0 amide bonds. The Kier molecular flexibility index (Phi) is 4.78. The third-order valence-electron chi connectivity index (χ3n) is 0.980. The molecular weight excluding hydrogens is 205 g/mol. The highest BCUT2D eigenvalue weighted by atomic mass is 19.4. The van der Waals surface area contributed by atoms with Crippen molar-refractivity contribution in [3.8, 4) is 0 Å². The smallest absolute Gasteiger partial charge is 0.475 e. The molecule has 8 heteroatoms. The Bertz CT molecular complexity index is 249. The first kappa shape index (κ1) is 12.6. The van der Waals surface area contributed by atoms with Crippen molar-refractivity contribution >= 4 is 18.0 Å². The summed E-state index contributed by atoms with van der Waals surface area (Å²) in [7, 11) is 0. The molecule has 0 aromatic heterocycles. The van der Waals surface area contributed by atoms with Gasteiger partial charge in [-0.3, -0.25) is 15.1 Å². The molecule has 0 bridgehead atoms. The Morgan fingerprint density at radius 3 is 2.21 bits per heavy atom. The zero-order valence-electron chi connectivity index (χ0n) is 6.84. The summed E-state index contributed by atoms with van der Waals surface area (Å²) in [5, 5.41) is 9.91. The molecule has 1 rings (SSSR count). The predicted molar refractivity (Wildman–Crippen MR) is 40.1 cm³/mol. The molecule has 0 fully saturated rings. The number of carbonyl (C=O) groups excluding carboxylic acids is 1. The second-order valence-corrected chi connectivity index (χ2v) is 2.17. The van der Waals surface area contributed by atoms with Gasteiger partial charge in [-0.2, -0.15) is 13.2 Å². The van der Waals surface area contributed by atoms with Gasteiger partial charge in [-0.1, -0.05) is 0 Å². The number of Topliss-reactive ketones (excluding diaryl/α,β-unsaturated/α-hetero) is 1. The van der Waals surface area contributed by atoms with Crippen LogP contribution in [-0.2, 0) is 9.59 Å². The maximum atomic E-state index is 10.6. The van der Waals surface area contributed by atoms with Crippen LogP contribution in [0.3, 0.4) is 0 Å². The van der Waals surface area contributed by atoms with Crippen LogP contribution in [0.15, 0.2) is 4.99 Å². The molecule has 1 aliphatic heterocycles. The number of hydrogen-bond donors (Lipinski definition) is 2.